The van der Waals surface area contributed by atoms with Gasteiger partial charge in [0.15, 0.2) is 29.2 Å². The zero-order valence-corrected chi connectivity index (χ0v) is 29.3. The minimum Gasteiger partial charge on any atom is -0.388 e. The first-order chi connectivity index (χ1) is 24.9. The number of phosphoric acid groups is 2. The largest absolute Gasteiger partial charge is 0.481 e. The number of aliphatic hydroxyl groups excluding tert-OH is 5. The predicted molar refractivity (Wildman–Crippen MR) is 177 cm³/mol. The van der Waals surface area contributed by atoms with Crippen molar-refractivity contribution in [2.45, 2.75) is 63.2 Å². The van der Waals surface area contributed by atoms with Crippen LogP contribution in [0.1, 0.15) is 17.4 Å². The van der Waals surface area contributed by atoms with E-state index >= 15 is 0 Å². The summed E-state index contributed by atoms with van der Waals surface area (Å²) in [5.74, 6) is -0.212. The van der Waals surface area contributed by atoms with Crippen molar-refractivity contribution in [2.24, 2.45) is 0 Å². The van der Waals surface area contributed by atoms with Crippen LogP contribution >= 0.6 is 15.6 Å². The lowest BCUT2D eigenvalue weighted by Crippen LogP contribution is -2.42. The smallest absolute Gasteiger partial charge is 0.388 e. The molecule has 1 fully saturated rings. The summed E-state index contributed by atoms with van der Waals surface area (Å²) in [5, 5.41) is 53.0. The van der Waals surface area contributed by atoms with Gasteiger partial charge in [0.05, 0.1) is 37.1 Å². The zero-order valence-electron chi connectivity index (χ0n) is 27.5. The zero-order chi connectivity index (χ0) is 38.6. The van der Waals surface area contributed by atoms with Crippen molar-refractivity contribution in [2.75, 3.05) is 18.9 Å². The van der Waals surface area contributed by atoms with E-state index in [4.69, 9.17) is 15.0 Å². The highest BCUT2D eigenvalue weighted by molar-refractivity contribution is 7.61. The molecular weight excluding hydrogens is 752 g/mol. The summed E-state index contributed by atoms with van der Waals surface area (Å²) in [6.45, 7) is 0.795. The Morgan fingerprint density at radius 3 is 2.42 bits per heavy atom. The van der Waals surface area contributed by atoms with Crippen LogP contribution in [0.15, 0.2) is 34.4 Å². The molecule has 0 saturated carbocycles. The highest BCUT2D eigenvalue weighted by Gasteiger charge is 2.46. The lowest BCUT2D eigenvalue weighted by molar-refractivity contribution is -0.0794. The average Bonchev–Trinajstić information content (AvgIpc) is 3.63. The van der Waals surface area contributed by atoms with E-state index in [1.165, 1.54) is 15.5 Å². The molecule has 0 bridgehead atoms. The van der Waals surface area contributed by atoms with Gasteiger partial charge >= 0.3 is 21.3 Å². The van der Waals surface area contributed by atoms with Gasteiger partial charge in [0, 0.05) is 0 Å². The molecule has 26 heteroatoms. The molecule has 0 aliphatic carbocycles. The number of hydrogen-bond acceptors (Lipinski definition) is 19. The number of hydrogen-bond donors (Lipinski definition) is 9. The predicted octanol–water partition coefficient (Wildman–Crippen LogP) is -2.42. The quantitative estimate of drug-likeness (QED) is 0.0443. The van der Waals surface area contributed by atoms with Crippen molar-refractivity contribution in [3.63, 3.8) is 0 Å². The Bertz CT molecular complexity index is 2350. The van der Waals surface area contributed by atoms with Crippen LogP contribution in [-0.4, -0.2) is 124 Å². The van der Waals surface area contributed by atoms with Crippen LogP contribution in [0.25, 0.3) is 33.7 Å². The van der Waals surface area contributed by atoms with Crippen molar-refractivity contribution in [3.05, 3.63) is 56.8 Å². The number of imidazole rings is 1. The number of benzene rings is 1. The molecule has 3 aromatic rings. The highest BCUT2D eigenvalue weighted by Crippen LogP contribution is 2.60. The monoisotopic (exact) mass is 785 g/mol. The lowest BCUT2D eigenvalue weighted by atomic mass is 10.1. The van der Waals surface area contributed by atoms with E-state index in [-0.39, 0.29) is 34.0 Å². The van der Waals surface area contributed by atoms with Crippen molar-refractivity contribution < 1.29 is 62.5 Å². The number of phosphoric ester groups is 2. The molecule has 2 aromatic heterocycles. The standard InChI is InChI=1S/C27H33N9O15P2/c1-10-3-12-13(4-11(10)2)35(24-18(32-12)25(42)34-27(43)33-24)5-14(37)19(39)15(38)6-48-52(44,45)51-53(46,47)49-7-16-20(40)21(41)26(50-16)36-9-31-17-22(28)29-8-30-23(17)36/h3-4,8-9,14-16,19-21,26,37-41H,5-7H2,1-2H3,(H,44,45)(H,46,47)(H2,28,29,30)(H,34,42,43)/t14-,15+,16+,19-,20?,21?,26-/m0/s1. The number of fused-ring (bicyclic) bond motifs is 3. The Morgan fingerprint density at radius 1 is 0.981 bits per heavy atom. The molecule has 3 aliphatic rings. The second-order valence-corrected chi connectivity index (χ2v) is 15.1. The molecule has 9 atom stereocenters. The van der Waals surface area contributed by atoms with E-state index in [0.717, 1.165) is 17.5 Å². The van der Waals surface area contributed by atoms with E-state index in [1.807, 2.05) is 4.98 Å². The number of H-pyrrole nitrogens is 1. The van der Waals surface area contributed by atoms with Crippen molar-refractivity contribution >= 4 is 43.7 Å². The molecule has 286 valence electrons. The maximum atomic E-state index is 12.5. The molecule has 0 spiro atoms. The Hall–Kier alpha value is -4.13. The number of aryl methyl sites for hydroxylation is 2. The number of aliphatic hydroxyl groups is 5. The number of nitrogens with two attached hydrogens (primary N) is 1. The molecule has 3 aliphatic heterocycles. The lowest BCUT2D eigenvalue weighted by Gasteiger charge is -2.26. The van der Waals surface area contributed by atoms with Crippen molar-refractivity contribution in [1.29, 1.82) is 0 Å². The van der Waals surface area contributed by atoms with E-state index in [9.17, 15) is 54.0 Å². The normalized spacial score (nSPS) is 23.3. The molecule has 0 amide bonds. The maximum absolute atomic E-state index is 12.5. The number of nitrogens with one attached hydrogen (secondary N) is 1. The third-order valence-corrected chi connectivity index (χ3v) is 11.0. The van der Waals surface area contributed by atoms with Crippen LogP contribution in [0.2, 0.25) is 0 Å². The number of aromatic amines is 1. The van der Waals surface area contributed by atoms with Gasteiger partial charge in [-0.2, -0.15) is 9.29 Å². The van der Waals surface area contributed by atoms with Crippen LogP contribution < -0.4 is 17.0 Å². The minimum absolute atomic E-state index is 0.0293. The molecule has 5 heterocycles. The second-order valence-electron chi connectivity index (χ2n) is 12.1. The summed E-state index contributed by atoms with van der Waals surface area (Å²) in [5.41, 5.74) is 6.11. The summed E-state index contributed by atoms with van der Waals surface area (Å²) >= 11 is 0. The number of rotatable bonds is 13. The third-order valence-electron chi connectivity index (χ3n) is 8.40. The van der Waals surface area contributed by atoms with Gasteiger partial charge < -0.3 is 50.4 Å². The number of ether oxygens (including phenoxy) is 1. The van der Waals surface area contributed by atoms with Crippen LogP contribution in [0.3, 0.4) is 0 Å². The molecule has 53 heavy (non-hydrogen) atoms. The summed E-state index contributed by atoms with van der Waals surface area (Å²) in [6.07, 6.45) is -9.93. The Morgan fingerprint density at radius 2 is 1.68 bits per heavy atom. The van der Waals surface area contributed by atoms with Gasteiger partial charge in [-0.25, -0.2) is 33.9 Å². The topological polar surface area (TPSA) is 363 Å². The van der Waals surface area contributed by atoms with E-state index in [1.54, 1.807) is 26.0 Å². The number of anilines is 1. The van der Waals surface area contributed by atoms with Crippen LogP contribution in [0.5, 0.6) is 0 Å². The fourth-order valence-electron chi connectivity index (χ4n) is 5.55. The number of nitrogens with zero attached hydrogens (tertiary/aromatic N) is 7. The third kappa shape index (κ3) is 7.91. The molecule has 24 nitrogen and oxygen atoms in total. The highest BCUT2D eigenvalue weighted by atomic mass is 31.3. The summed E-state index contributed by atoms with van der Waals surface area (Å²) in [6, 6.07) is 3.29. The molecule has 0 radical (unpaired) electrons. The second kappa shape index (κ2) is 14.6. The van der Waals surface area contributed by atoms with E-state index < -0.39 is 89.5 Å². The molecular formula is C27H33N9O15P2. The molecule has 1 saturated heterocycles. The molecule has 4 unspecified atom stereocenters. The fourth-order valence-corrected chi connectivity index (χ4v) is 7.65. The summed E-state index contributed by atoms with van der Waals surface area (Å²) in [7, 11) is -11.0. The summed E-state index contributed by atoms with van der Waals surface area (Å²) in [4.78, 5) is 66.6. The number of nitrogen functional groups attached to an aromatic ring is 1. The first-order valence-corrected chi connectivity index (χ1v) is 18.4. The van der Waals surface area contributed by atoms with Crippen molar-refractivity contribution in [1.82, 2.24) is 39.0 Å². The minimum atomic E-state index is -5.54. The van der Waals surface area contributed by atoms with Crippen LogP contribution in [-0.2, 0) is 33.8 Å². The van der Waals surface area contributed by atoms with E-state index in [2.05, 4.69) is 33.8 Å². The molecule has 10 N–H and O–H groups in total. The van der Waals surface area contributed by atoms with Gasteiger partial charge in [-0.3, -0.25) is 23.4 Å². The first-order valence-electron chi connectivity index (χ1n) is 15.4. The van der Waals surface area contributed by atoms with Gasteiger partial charge in [-0.1, -0.05) is 0 Å². The van der Waals surface area contributed by atoms with Crippen LogP contribution in [0.4, 0.5) is 5.82 Å². The average molecular weight is 786 g/mol. The Kier molecular flexibility index (Phi) is 10.6. The Labute approximate surface area is 295 Å². The van der Waals surface area contributed by atoms with Crippen LogP contribution in [0, 0.1) is 13.8 Å². The van der Waals surface area contributed by atoms with Gasteiger partial charge in [0.1, 0.15) is 48.5 Å². The summed E-state index contributed by atoms with van der Waals surface area (Å²) < 4.78 is 46.6. The van der Waals surface area contributed by atoms with Gasteiger partial charge in [0.2, 0.25) is 0 Å². The van der Waals surface area contributed by atoms with Crippen molar-refractivity contribution in [3.8, 4) is 11.5 Å². The Balaban J connectivity index is 1.07. The molecule has 1 aromatic carbocycles. The van der Waals surface area contributed by atoms with Gasteiger partial charge in [0.25, 0.3) is 5.56 Å². The van der Waals surface area contributed by atoms with Gasteiger partial charge in [-0.05, 0) is 37.1 Å². The van der Waals surface area contributed by atoms with E-state index in [0.29, 0.717) is 5.52 Å². The first kappa shape index (κ1) is 38.6. The number of aromatic nitrogens is 8. The van der Waals surface area contributed by atoms with Gasteiger partial charge in [-0.15, -0.1) is 0 Å². The fraction of sp³-hybridized carbons (Fsp3) is 0.444. The SMILES string of the molecule is Cc1cc2nc3c(=O)[nH]c(=O)nc-3n(C[C@H](O)[C@H](O)[C@H](O)COP(=O)(O)OP(=O)(O)OC[C@H]3O[C@H](n4cnc5c(N)ncnc54)C(O)C3O)c2cc1C. The maximum Gasteiger partial charge on any atom is 0.481 e. The molecule has 6 rings (SSSR count).